The molecule has 0 aromatic heterocycles. The SMILES string of the molecule is C[N+](C)=C1C=CC(=C/C=C2/C=C(C(C)(C)C)c3ccccc3S2)C=C1. The minimum atomic E-state index is 0.129. The lowest BCUT2D eigenvalue weighted by Gasteiger charge is -2.28. The predicted molar refractivity (Wildman–Crippen MR) is 111 cm³/mol. The first-order chi connectivity index (χ1) is 11.8. The number of thioether (sulfide) groups is 1. The van der Waals surface area contributed by atoms with Crippen molar-refractivity contribution in [3.05, 3.63) is 82.8 Å². The van der Waals surface area contributed by atoms with Gasteiger partial charge in [0.2, 0.25) is 0 Å². The van der Waals surface area contributed by atoms with Crippen molar-refractivity contribution in [2.45, 2.75) is 25.7 Å². The van der Waals surface area contributed by atoms with Crippen LogP contribution in [-0.4, -0.2) is 24.4 Å². The van der Waals surface area contributed by atoms with E-state index in [1.807, 2.05) is 11.8 Å². The van der Waals surface area contributed by atoms with E-state index in [0.29, 0.717) is 0 Å². The summed E-state index contributed by atoms with van der Waals surface area (Å²) in [6, 6.07) is 8.71. The van der Waals surface area contributed by atoms with Gasteiger partial charge in [0.25, 0.3) is 0 Å². The van der Waals surface area contributed by atoms with Crippen molar-refractivity contribution in [1.82, 2.24) is 0 Å². The first-order valence-corrected chi connectivity index (χ1v) is 9.48. The molecule has 128 valence electrons. The lowest BCUT2D eigenvalue weighted by molar-refractivity contribution is -0.462. The maximum atomic E-state index is 2.34. The Balaban J connectivity index is 1.93. The topological polar surface area (TPSA) is 3.01 Å². The van der Waals surface area contributed by atoms with Crippen molar-refractivity contribution in [1.29, 1.82) is 0 Å². The van der Waals surface area contributed by atoms with Gasteiger partial charge in [0.1, 0.15) is 14.1 Å². The molecule has 1 aliphatic heterocycles. The van der Waals surface area contributed by atoms with Gasteiger partial charge in [-0.3, -0.25) is 0 Å². The van der Waals surface area contributed by atoms with Crippen LogP contribution in [0.25, 0.3) is 5.57 Å². The van der Waals surface area contributed by atoms with Crippen LogP contribution >= 0.6 is 11.8 Å². The van der Waals surface area contributed by atoms with E-state index in [0.717, 1.165) is 0 Å². The van der Waals surface area contributed by atoms with E-state index in [4.69, 9.17) is 0 Å². The number of rotatable bonds is 1. The molecule has 1 nitrogen and oxygen atoms in total. The van der Waals surface area contributed by atoms with E-state index in [2.05, 4.69) is 106 Å². The van der Waals surface area contributed by atoms with Gasteiger partial charge in [-0.25, -0.2) is 4.58 Å². The minimum Gasteiger partial charge on any atom is -0.235 e. The minimum absolute atomic E-state index is 0.129. The molecular formula is C23H26NS+. The fourth-order valence-corrected chi connectivity index (χ4v) is 3.92. The van der Waals surface area contributed by atoms with E-state index in [1.165, 1.54) is 32.2 Å². The molecule has 2 heteroatoms. The number of benzene rings is 1. The summed E-state index contributed by atoms with van der Waals surface area (Å²) < 4.78 is 2.12. The van der Waals surface area contributed by atoms with Gasteiger partial charge in [-0.2, -0.15) is 0 Å². The third-order valence-electron chi connectivity index (χ3n) is 4.35. The lowest BCUT2D eigenvalue weighted by atomic mass is 9.81. The zero-order valence-corrected chi connectivity index (χ0v) is 16.5. The van der Waals surface area contributed by atoms with Crippen LogP contribution < -0.4 is 0 Å². The summed E-state index contributed by atoms with van der Waals surface area (Å²) in [7, 11) is 4.13. The third kappa shape index (κ3) is 4.13. The first-order valence-electron chi connectivity index (χ1n) is 8.66. The highest BCUT2D eigenvalue weighted by Gasteiger charge is 2.24. The summed E-state index contributed by atoms with van der Waals surface area (Å²) in [5.41, 5.74) is 5.35. The Morgan fingerprint density at radius 1 is 0.920 bits per heavy atom. The molecule has 1 aromatic rings. The Labute approximate surface area is 155 Å². The van der Waals surface area contributed by atoms with Gasteiger partial charge in [0.15, 0.2) is 5.71 Å². The second kappa shape index (κ2) is 7.05. The molecule has 0 bridgehead atoms. The Morgan fingerprint density at radius 2 is 1.60 bits per heavy atom. The summed E-state index contributed by atoms with van der Waals surface area (Å²) in [4.78, 5) is 2.64. The van der Waals surface area contributed by atoms with Crippen LogP contribution in [0.3, 0.4) is 0 Å². The van der Waals surface area contributed by atoms with Gasteiger partial charge in [0, 0.05) is 22.0 Å². The van der Waals surface area contributed by atoms with Crippen molar-refractivity contribution in [2.75, 3.05) is 14.1 Å². The highest BCUT2D eigenvalue weighted by molar-refractivity contribution is 8.03. The van der Waals surface area contributed by atoms with Crippen LogP contribution in [0.2, 0.25) is 0 Å². The molecule has 0 saturated heterocycles. The second-order valence-electron chi connectivity index (χ2n) is 7.63. The van der Waals surface area contributed by atoms with Crippen molar-refractivity contribution in [3.8, 4) is 0 Å². The number of hydrogen-bond acceptors (Lipinski definition) is 1. The largest absolute Gasteiger partial charge is 0.235 e. The number of hydrogen-bond donors (Lipinski definition) is 0. The maximum absolute atomic E-state index is 2.34. The molecule has 0 radical (unpaired) electrons. The zero-order chi connectivity index (χ0) is 18.0. The van der Waals surface area contributed by atoms with E-state index >= 15 is 0 Å². The summed E-state index contributed by atoms with van der Waals surface area (Å²) in [6.07, 6.45) is 15.4. The van der Waals surface area contributed by atoms with Crippen LogP contribution in [0.5, 0.6) is 0 Å². The molecule has 1 heterocycles. The maximum Gasteiger partial charge on any atom is 0.199 e. The molecule has 2 aliphatic rings. The van der Waals surface area contributed by atoms with Crippen molar-refractivity contribution >= 4 is 23.0 Å². The summed E-state index contributed by atoms with van der Waals surface area (Å²) in [6.45, 7) is 6.85. The van der Waals surface area contributed by atoms with Gasteiger partial charge in [-0.1, -0.05) is 56.8 Å². The highest BCUT2D eigenvalue weighted by atomic mass is 32.2. The highest BCUT2D eigenvalue weighted by Crippen LogP contribution is 2.46. The van der Waals surface area contributed by atoms with E-state index < -0.39 is 0 Å². The number of fused-ring (bicyclic) bond motifs is 1. The molecule has 1 aromatic carbocycles. The van der Waals surface area contributed by atoms with Crippen molar-refractivity contribution < 1.29 is 4.58 Å². The molecule has 3 rings (SSSR count). The van der Waals surface area contributed by atoms with Crippen LogP contribution in [0.1, 0.15) is 26.3 Å². The molecule has 0 spiro atoms. The summed E-state index contributed by atoms with van der Waals surface area (Å²) >= 11 is 1.85. The molecule has 0 unspecified atom stereocenters. The molecular weight excluding hydrogens is 322 g/mol. The van der Waals surface area contributed by atoms with Gasteiger partial charge in [-0.15, -0.1) is 0 Å². The number of allylic oxidation sites excluding steroid dienone is 9. The molecule has 1 aliphatic carbocycles. The molecule has 0 N–H and O–H groups in total. The Morgan fingerprint density at radius 3 is 2.24 bits per heavy atom. The molecule has 0 atom stereocenters. The Bertz CT molecular complexity index is 846. The molecule has 0 saturated carbocycles. The lowest BCUT2D eigenvalue weighted by Crippen LogP contribution is -2.11. The van der Waals surface area contributed by atoms with Crippen LogP contribution in [0.4, 0.5) is 0 Å². The normalized spacial score (nSPS) is 18.3. The first kappa shape index (κ1) is 17.8. The molecule has 0 fully saturated rings. The predicted octanol–water partition coefficient (Wildman–Crippen LogP) is 5.87. The fraction of sp³-hybridized carbons (Fsp3) is 0.261. The average molecular weight is 349 g/mol. The fourth-order valence-electron chi connectivity index (χ4n) is 2.92. The smallest absolute Gasteiger partial charge is 0.199 e. The standard InChI is InChI=1S/C23H26NS/c1-23(2,3)21-16-19(25-22-9-7-6-8-20(21)22)15-12-17-10-13-18(14-11-17)24(4)5/h6-16H,1-5H3/q+1/b19-15-. The zero-order valence-electron chi connectivity index (χ0n) is 15.7. The van der Waals surface area contributed by atoms with Crippen LogP contribution in [0, 0.1) is 5.41 Å². The third-order valence-corrected chi connectivity index (χ3v) is 5.41. The number of nitrogens with zero attached hydrogens (tertiary/aromatic N) is 1. The second-order valence-corrected chi connectivity index (χ2v) is 8.74. The summed E-state index contributed by atoms with van der Waals surface area (Å²) in [5, 5.41) is 0. The molecule has 25 heavy (non-hydrogen) atoms. The van der Waals surface area contributed by atoms with Crippen LogP contribution in [-0.2, 0) is 0 Å². The van der Waals surface area contributed by atoms with Gasteiger partial charge in [0.05, 0.1) is 0 Å². The van der Waals surface area contributed by atoms with Crippen molar-refractivity contribution in [2.24, 2.45) is 5.41 Å². The Kier molecular flexibility index (Phi) is 5.01. The summed E-state index contributed by atoms with van der Waals surface area (Å²) in [5.74, 6) is 0. The molecule has 0 amide bonds. The quantitative estimate of drug-likeness (QED) is 0.573. The van der Waals surface area contributed by atoms with Gasteiger partial charge in [-0.05, 0) is 52.5 Å². The van der Waals surface area contributed by atoms with Crippen molar-refractivity contribution in [3.63, 3.8) is 0 Å². The van der Waals surface area contributed by atoms with E-state index in [9.17, 15) is 0 Å². The van der Waals surface area contributed by atoms with E-state index in [1.54, 1.807) is 0 Å². The van der Waals surface area contributed by atoms with Crippen LogP contribution in [0.15, 0.2) is 82.2 Å². The van der Waals surface area contributed by atoms with Gasteiger partial charge >= 0.3 is 0 Å². The average Bonchev–Trinajstić information content (AvgIpc) is 2.58. The Hall–Kier alpha value is -2.06. The van der Waals surface area contributed by atoms with Gasteiger partial charge < -0.3 is 0 Å². The van der Waals surface area contributed by atoms with E-state index in [-0.39, 0.29) is 5.41 Å². The monoisotopic (exact) mass is 348 g/mol.